The van der Waals surface area contributed by atoms with Crippen molar-refractivity contribution < 1.29 is 14.3 Å². The van der Waals surface area contributed by atoms with E-state index >= 15 is 0 Å². The van der Waals surface area contributed by atoms with Crippen molar-refractivity contribution in [3.05, 3.63) is 16.0 Å². The number of carbonyl (C=O) groups excluding carboxylic acids is 2. The van der Waals surface area contributed by atoms with Crippen molar-refractivity contribution in [1.29, 1.82) is 5.26 Å². The topological polar surface area (TPSA) is 79.2 Å². The van der Waals surface area contributed by atoms with Crippen molar-refractivity contribution in [3.63, 3.8) is 0 Å². The molecule has 1 aromatic heterocycles. The summed E-state index contributed by atoms with van der Waals surface area (Å²) >= 11 is 1.12. The Kier molecular flexibility index (Phi) is 7.01. The van der Waals surface area contributed by atoms with Gasteiger partial charge in [-0.05, 0) is 38.7 Å². The van der Waals surface area contributed by atoms with E-state index in [1.807, 2.05) is 0 Å². The molecule has 1 saturated carbocycles. The van der Waals surface area contributed by atoms with Crippen LogP contribution in [0.2, 0.25) is 0 Å². The van der Waals surface area contributed by atoms with Gasteiger partial charge in [0.15, 0.2) is 0 Å². The fourth-order valence-corrected chi connectivity index (χ4v) is 4.26. The SMILES string of the molecule is Cc1c(C(=O)OC(C)C)sc(NC(=O)CCC2CCCCC2)c1C#N. The molecule has 0 radical (unpaired) electrons. The average Bonchev–Trinajstić information content (AvgIpc) is 2.89. The molecular weight excluding hydrogens is 336 g/mol. The first-order valence-corrected chi connectivity index (χ1v) is 9.78. The number of esters is 1. The largest absolute Gasteiger partial charge is 0.459 e. The van der Waals surface area contributed by atoms with Gasteiger partial charge in [0, 0.05) is 6.42 Å². The van der Waals surface area contributed by atoms with Crippen molar-refractivity contribution in [2.75, 3.05) is 5.32 Å². The molecule has 1 heterocycles. The number of nitriles is 1. The average molecular weight is 362 g/mol. The molecule has 1 fully saturated rings. The number of rotatable bonds is 6. The summed E-state index contributed by atoms with van der Waals surface area (Å²) in [6, 6.07) is 2.09. The summed E-state index contributed by atoms with van der Waals surface area (Å²) < 4.78 is 5.21. The molecule has 0 atom stereocenters. The maximum absolute atomic E-state index is 12.3. The van der Waals surface area contributed by atoms with Crippen molar-refractivity contribution in [2.24, 2.45) is 5.92 Å². The number of carbonyl (C=O) groups is 2. The van der Waals surface area contributed by atoms with Crippen molar-refractivity contribution >= 4 is 28.2 Å². The van der Waals surface area contributed by atoms with E-state index in [2.05, 4.69) is 11.4 Å². The summed E-state index contributed by atoms with van der Waals surface area (Å²) in [7, 11) is 0. The van der Waals surface area contributed by atoms with E-state index in [9.17, 15) is 14.9 Å². The van der Waals surface area contributed by atoms with Gasteiger partial charge < -0.3 is 10.1 Å². The van der Waals surface area contributed by atoms with E-state index in [1.165, 1.54) is 32.1 Å². The zero-order valence-electron chi connectivity index (χ0n) is 15.2. The monoisotopic (exact) mass is 362 g/mol. The first-order valence-electron chi connectivity index (χ1n) is 8.96. The number of amides is 1. The maximum atomic E-state index is 12.3. The lowest BCUT2D eigenvalue weighted by atomic mass is 9.86. The molecule has 136 valence electrons. The van der Waals surface area contributed by atoms with Crippen molar-refractivity contribution in [1.82, 2.24) is 0 Å². The summed E-state index contributed by atoms with van der Waals surface area (Å²) in [5.74, 6) is 0.0976. The minimum atomic E-state index is -0.447. The standard InChI is InChI=1S/C19H26N2O3S/c1-12(2)24-19(23)17-13(3)15(11-20)18(25-17)21-16(22)10-9-14-7-5-4-6-8-14/h12,14H,4-10H2,1-3H3,(H,21,22). The van der Waals surface area contributed by atoms with E-state index in [0.717, 1.165) is 17.8 Å². The quantitative estimate of drug-likeness (QED) is 0.738. The van der Waals surface area contributed by atoms with Crippen LogP contribution in [-0.2, 0) is 9.53 Å². The molecule has 25 heavy (non-hydrogen) atoms. The van der Waals surface area contributed by atoms with E-state index in [0.29, 0.717) is 33.3 Å². The van der Waals surface area contributed by atoms with Gasteiger partial charge in [0.1, 0.15) is 15.9 Å². The molecule has 0 saturated heterocycles. The smallest absolute Gasteiger partial charge is 0.348 e. The third-order valence-corrected chi connectivity index (χ3v) is 5.73. The Morgan fingerprint density at radius 1 is 1.32 bits per heavy atom. The first kappa shape index (κ1) is 19.5. The van der Waals surface area contributed by atoms with Gasteiger partial charge in [-0.3, -0.25) is 4.79 Å². The minimum absolute atomic E-state index is 0.0906. The fourth-order valence-electron chi connectivity index (χ4n) is 3.20. The normalized spacial score (nSPS) is 15.0. The number of ether oxygens (including phenoxy) is 1. The lowest BCUT2D eigenvalue weighted by Gasteiger charge is -2.20. The molecule has 0 aromatic carbocycles. The van der Waals surface area contributed by atoms with E-state index in [4.69, 9.17) is 4.74 Å². The highest BCUT2D eigenvalue weighted by Gasteiger charge is 2.23. The second-order valence-electron chi connectivity index (χ2n) is 6.92. The van der Waals surface area contributed by atoms with Crippen LogP contribution in [0.5, 0.6) is 0 Å². The molecule has 0 aliphatic heterocycles. The summed E-state index contributed by atoms with van der Waals surface area (Å²) in [4.78, 5) is 24.8. The lowest BCUT2D eigenvalue weighted by Crippen LogP contribution is -2.14. The molecular formula is C19H26N2O3S. The summed E-state index contributed by atoms with van der Waals surface area (Å²) in [6.45, 7) is 5.27. The molecule has 1 N–H and O–H groups in total. The van der Waals surface area contributed by atoms with Crippen LogP contribution in [0, 0.1) is 24.2 Å². The van der Waals surface area contributed by atoms with Gasteiger partial charge in [-0.1, -0.05) is 32.1 Å². The lowest BCUT2D eigenvalue weighted by molar-refractivity contribution is -0.116. The maximum Gasteiger partial charge on any atom is 0.348 e. The molecule has 2 rings (SSSR count). The molecule has 1 amide bonds. The Morgan fingerprint density at radius 3 is 2.60 bits per heavy atom. The number of nitrogens with zero attached hydrogens (tertiary/aromatic N) is 1. The van der Waals surface area contributed by atoms with Crippen LogP contribution in [0.4, 0.5) is 5.00 Å². The highest BCUT2D eigenvalue weighted by atomic mass is 32.1. The predicted molar refractivity (Wildman–Crippen MR) is 98.8 cm³/mol. The molecule has 1 aromatic rings. The summed E-state index contributed by atoms with van der Waals surface area (Å²) in [5, 5.41) is 12.6. The Bertz CT molecular complexity index is 667. The second-order valence-corrected chi connectivity index (χ2v) is 7.94. The van der Waals surface area contributed by atoms with E-state index in [1.54, 1.807) is 20.8 Å². The fraction of sp³-hybridized carbons (Fsp3) is 0.632. The molecule has 0 spiro atoms. The Morgan fingerprint density at radius 2 is 2.00 bits per heavy atom. The first-order chi connectivity index (χ1) is 11.9. The van der Waals surface area contributed by atoms with Gasteiger partial charge >= 0.3 is 5.97 Å². The van der Waals surface area contributed by atoms with Gasteiger partial charge in [-0.15, -0.1) is 11.3 Å². The van der Waals surface area contributed by atoms with Gasteiger partial charge in [0.05, 0.1) is 11.7 Å². The third-order valence-electron chi connectivity index (χ3n) is 4.54. The zero-order chi connectivity index (χ0) is 18.4. The molecule has 6 heteroatoms. The Balaban J connectivity index is 2.01. The van der Waals surface area contributed by atoms with Crippen molar-refractivity contribution in [2.45, 2.75) is 71.8 Å². The molecule has 5 nitrogen and oxygen atoms in total. The van der Waals surface area contributed by atoms with Gasteiger partial charge in [-0.2, -0.15) is 5.26 Å². The number of anilines is 1. The van der Waals surface area contributed by atoms with E-state index < -0.39 is 5.97 Å². The molecule has 0 unspecified atom stereocenters. The van der Waals surface area contributed by atoms with Gasteiger partial charge in [0.25, 0.3) is 0 Å². The van der Waals surface area contributed by atoms with Crippen LogP contribution in [0.15, 0.2) is 0 Å². The molecule has 1 aliphatic rings. The van der Waals surface area contributed by atoms with Crippen LogP contribution in [0.25, 0.3) is 0 Å². The van der Waals surface area contributed by atoms with E-state index in [-0.39, 0.29) is 12.0 Å². The number of hydrogen-bond donors (Lipinski definition) is 1. The number of thiophene rings is 1. The van der Waals surface area contributed by atoms with Crippen LogP contribution in [0.1, 0.15) is 79.6 Å². The van der Waals surface area contributed by atoms with Gasteiger partial charge in [0.2, 0.25) is 5.91 Å². The van der Waals surface area contributed by atoms with Crippen LogP contribution < -0.4 is 5.32 Å². The Labute approximate surface area is 153 Å². The zero-order valence-corrected chi connectivity index (χ0v) is 16.0. The van der Waals surface area contributed by atoms with Crippen LogP contribution >= 0.6 is 11.3 Å². The number of hydrogen-bond acceptors (Lipinski definition) is 5. The van der Waals surface area contributed by atoms with Crippen LogP contribution in [-0.4, -0.2) is 18.0 Å². The van der Waals surface area contributed by atoms with Crippen molar-refractivity contribution in [3.8, 4) is 6.07 Å². The Hall–Kier alpha value is -1.87. The number of nitrogens with one attached hydrogen (secondary N) is 1. The van der Waals surface area contributed by atoms with Gasteiger partial charge in [-0.25, -0.2) is 4.79 Å². The van der Waals surface area contributed by atoms with Crippen LogP contribution in [0.3, 0.4) is 0 Å². The highest BCUT2D eigenvalue weighted by Crippen LogP contribution is 2.34. The third kappa shape index (κ3) is 5.30. The highest BCUT2D eigenvalue weighted by molar-refractivity contribution is 7.18. The summed E-state index contributed by atoms with van der Waals surface area (Å²) in [6.07, 6.45) is 7.36. The minimum Gasteiger partial charge on any atom is -0.459 e. The predicted octanol–water partition coefficient (Wildman–Crippen LogP) is 4.79. The summed E-state index contributed by atoms with van der Waals surface area (Å²) in [5.41, 5.74) is 0.924. The molecule has 0 bridgehead atoms. The molecule has 1 aliphatic carbocycles. The second kappa shape index (κ2) is 9.00.